The number of hydrogen-bond acceptors (Lipinski definition) is 2. The first-order valence-corrected chi connectivity index (χ1v) is 11.6. The minimum absolute atomic E-state index is 0.137. The monoisotopic (exact) mass is 432 g/mol. The third-order valence-electron chi connectivity index (χ3n) is 7.32. The molecule has 1 aliphatic rings. The summed E-state index contributed by atoms with van der Waals surface area (Å²) in [5, 5.41) is 13.3. The van der Waals surface area contributed by atoms with Gasteiger partial charge in [0.15, 0.2) is 0 Å². The average Bonchev–Trinajstić information content (AvgIpc) is 3.26. The molecule has 33 heavy (non-hydrogen) atoms. The van der Waals surface area contributed by atoms with Crippen LogP contribution >= 0.6 is 0 Å². The highest BCUT2D eigenvalue weighted by Crippen LogP contribution is 2.55. The number of para-hydroxylation sites is 1. The number of fused-ring (bicyclic) bond motifs is 7. The second kappa shape index (κ2) is 6.59. The Morgan fingerprint density at radius 2 is 1.52 bits per heavy atom. The van der Waals surface area contributed by atoms with E-state index < -0.39 is 5.60 Å². The lowest BCUT2D eigenvalue weighted by molar-refractivity contribution is 0.0792. The molecule has 6 rings (SSSR count). The van der Waals surface area contributed by atoms with E-state index in [0.717, 1.165) is 33.2 Å². The van der Waals surface area contributed by atoms with Gasteiger partial charge in [-0.05, 0) is 66.3 Å². The highest BCUT2D eigenvalue weighted by Gasteiger charge is 2.39. The second-order valence-electron chi connectivity index (χ2n) is 10.4. The Hall–Kier alpha value is -3.36. The highest BCUT2D eigenvalue weighted by molar-refractivity contribution is 6.18. The van der Waals surface area contributed by atoms with Crippen LogP contribution in [0.4, 0.5) is 0 Å². The quantitative estimate of drug-likeness (QED) is 0.306. The molecule has 2 heteroatoms. The fourth-order valence-electron chi connectivity index (χ4n) is 5.66. The van der Waals surface area contributed by atoms with Gasteiger partial charge in [0.1, 0.15) is 11.2 Å². The lowest BCUT2D eigenvalue weighted by atomic mass is 9.80. The van der Waals surface area contributed by atoms with Gasteiger partial charge in [-0.1, -0.05) is 80.1 Å². The molecule has 1 heterocycles. The molecule has 5 aromatic rings. The van der Waals surface area contributed by atoms with Crippen molar-refractivity contribution in [3.05, 3.63) is 95.1 Å². The van der Waals surface area contributed by atoms with Crippen LogP contribution in [0.2, 0.25) is 0 Å². The number of furan rings is 1. The van der Waals surface area contributed by atoms with Crippen molar-refractivity contribution < 1.29 is 9.52 Å². The van der Waals surface area contributed by atoms with E-state index in [1.54, 1.807) is 0 Å². The van der Waals surface area contributed by atoms with Gasteiger partial charge in [-0.2, -0.15) is 0 Å². The summed E-state index contributed by atoms with van der Waals surface area (Å²) < 4.78 is 6.56. The molecule has 2 nitrogen and oxygen atoms in total. The van der Waals surface area contributed by atoms with Crippen molar-refractivity contribution in [3.63, 3.8) is 0 Å². The van der Waals surface area contributed by atoms with E-state index in [0.29, 0.717) is 0 Å². The predicted octanol–water partition coefficient (Wildman–Crippen LogP) is 8.10. The molecule has 0 radical (unpaired) electrons. The molecule has 164 valence electrons. The Kier molecular flexibility index (Phi) is 4.04. The van der Waals surface area contributed by atoms with Crippen LogP contribution in [-0.2, 0) is 11.0 Å². The van der Waals surface area contributed by atoms with Crippen molar-refractivity contribution in [1.82, 2.24) is 0 Å². The number of benzene rings is 4. The molecule has 1 N–H and O–H groups in total. The van der Waals surface area contributed by atoms with Crippen molar-refractivity contribution in [2.75, 3.05) is 0 Å². The number of aliphatic hydroxyl groups is 1. The van der Waals surface area contributed by atoms with Gasteiger partial charge in [-0.15, -0.1) is 0 Å². The maximum Gasteiger partial charge on any atom is 0.143 e. The van der Waals surface area contributed by atoms with Crippen LogP contribution in [0.15, 0.2) is 77.2 Å². The van der Waals surface area contributed by atoms with Gasteiger partial charge in [0.2, 0.25) is 0 Å². The minimum Gasteiger partial charge on any atom is -0.455 e. The van der Waals surface area contributed by atoms with Gasteiger partial charge in [-0.25, -0.2) is 0 Å². The Morgan fingerprint density at radius 3 is 2.30 bits per heavy atom. The Labute approximate surface area is 194 Å². The lowest BCUT2D eigenvalue weighted by Gasteiger charge is -2.24. The van der Waals surface area contributed by atoms with Gasteiger partial charge in [0.05, 0.1) is 5.60 Å². The van der Waals surface area contributed by atoms with Crippen LogP contribution in [0, 0.1) is 6.92 Å². The van der Waals surface area contributed by atoms with E-state index in [2.05, 4.69) is 63.2 Å². The molecule has 0 saturated carbocycles. The van der Waals surface area contributed by atoms with Gasteiger partial charge < -0.3 is 9.52 Å². The molecular formula is C31H28O2. The van der Waals surface area contributed by atoms with Crippen molar-refractivity contribution in [3.8, 4) is 22.3 Å². The molecule has 1 aliphatic carbocycles. The Morgan fingerprint density at radius 1 is 0.788 bits per heavy atom. The molecule has 0 aliphatic heterocycles. The van der Waals surface area contributed by atoms with E-state index in [4.69, 9.17) is 4.42 Å². The molecule has 1 aromatic heterocycles. The molecule has 0 amide bonds. The zero-order valence-electron chi connectivity index (χ0n) is 19.8. The molecule has 0 atom stereocenters. The molecular weight excluding hydrogens is 404 g/mol. The third kappa shape index (κ3) is 2.77. The maximum absolute atomic E-state index is 11.0. The van der Waals surface area contributed by atoms with Crippen LogP contribution in [0.1, 0.15) is 49.9 Å². The first-order valence-electron chi connectivity index (χ1n) is 11.6. The summed E-state index contributed by atoms with van der Waals surface area (Å²) in [4.78, 5) is 0. The SMILES string of the molecule is Cc1ccc2c(c1)C(C)(C)c1cc(-c3ccccc3C(C)(C)O)c3oc4ccccc4c3c1-2. The van der Waals surface area contributed by atoms with Crippen molar-refractivity contribution in [2.45, 2.75) is 45.6 Å². The van der Waals surface area contributed by atoms with Gasteiger partial charge in [0, 0.05) is 21.8 Å². The topological polar surface area (TPSA) is 33.4 Å². The summed E-state index contributed by atoms with van der Waals surface area (Å²) in [6, 6.07) is 25.6. The van der Waals surface area contributed by atoms with Crippen molar-refractivity contribution in [2.24, 2.45) is 0 Å². The normalized spacial score (nSPS) is 14.6. The first-order chi connectivity index (χ1) is 15.7. The summed E-state index contributed by atoms with van der Waals surface area (Å²) in [6.07, 6.45) is 0. The van der Waals surface area contributed by atoms with E-state index in [1.807, 2.05) is 44.2 Å². The second-order valence-corrected chi connectivity index (χ2v) is 10.4. The standard InChI is InChI=1S/C31H28O2/c1-18-14-15-20-24(16-18)30(2,3)25-17-22(19-10-6-8-12-23(19)31(4,5)32)29-28(27(20)25)21-11-7-9-13-26(21)33-29/h6-17,32H,1-5H3. The molecule has 0 fully saturated rings. The smallest absolute Gasteiger partial charge is 0.143 e. The van der Waals surface area contributed by atoms with Gasteiger partial charge in [0.25, 0.3) is 0 Å². The van der Waals surface area contributed by atoms with E-state index in [-0.39, 0.29) is 5.41 Å². The van der Waals surface area contributed by atoms with Crippen LogP contribution in [0.5, 0.6) is 0 Å². The molecule has 0 spiro atoms. The van der Waals surface area contributed by atoms with Crippen molar-refractivity contribution >= 4 is 21.9 Å². The fourth-order valence-corrected chi connectivity index (χ4v) is 5.66. The van der Waals surface area contributed by atoms with Crippen LogP contribution in [-0.4, -0.2) is 5.11 Å². The summed E-state index contributed by atoms with van der Waals surface area (Å²) >= 11 is 0. The third-order valence-corrected chi connectivity index (χ3v) is 7.32. The van der Waals surface area contributed by atoms with Crippen molar-refractivity contribution in [1.29, 1.82) is 0 Å². The average molecular weight is 433 g/mol. The van der Waals surface area contributed by atoms with E-state index in [9.17, 15) is 5.11 Å². The predicted molar refractivity (Wildman–Crippen MR) is 137 cm³/mol. The summed E-state index contributed by atoms with van der Waals surface area (Å²) in [6.45, 7) is 10.5. The molecule has 0 unspecified atom stereocenters. The summed E-state index contributed by atoms with van der Waals surface area (Å²) in [5.74, 6) is 0. The van der Waals surface area contributed by atoms with Crippen LogP contribution in [0.25, 0.3) is 44.2 Å². The lowest BCUT2D eigenvalue weighted by Crippen LogP contribution is -2.17. The number of hydrogen-bond donors (Lipinski definition) is 1. The molecule has 0 bridgehead atoms. The Bertz CT molecular complexity index is 1570. The number of rotatable bonds is 2. The van der Waals surface area contributed by atoms with Gasteiger partial charge in [-0.3, -0.25) is 0 Å². The van der Waals surface area contributed by atoms with E-state index >= 15 is 0 Å². The molecule has 4 aromatic carbocycles. The Balaban J connectivity index is 1.83. The summed E-state index contributed by atoms with van der Waals surface area (Å²) in [5.41, 5.74) is 10.1. The van der Waals surface area contributed by atoms with E-state index in [1.165, 1.54) is 33.2 Å². The fraction of sp³-hybridized carbons (Fsp3) is 0.226. The zero-order chi connectivity index (χ0) is 23.1. The zero-order valence-corrected chi connectivity index (χ0v) is 19.8. The van der Waals surface area contributed by atoms with Gasteiger partial charge >= 0.3 is 0 Å². The summed E-state index contributed by atoms with van der Waals surface area (Å²) in [7, 11) is 0. The van der Waals surface area contributed by atoms with Crippen LogP contribution in [0.3, 0.4) is 0 Å². The van der Waals surface area contributed by atoms with Crippen LogP contribution < -0.4 is 0 Å². The number of aryl methyl sites for hydroxylation is 1. The molecule has 0 saturated heterocycles. The first kappa shape index (κ1) is 20.3. The minimum atomic E-state index is -0.969. The maximum atomic E-state index is 11.0. The largest absolute Gasteiger partial charge is 0.455 e. The highest BCUT2D eigenvalue weighted by atomic mass is 16.3.